The number of aromatic nitrogens is 1. The van der Waals surface area contributed by atoms with Gasteiger partial charge in [0.2, 0.25) is 5.91 Å². The molecule has 4 nitrogen and oxygen atoms in total. The molecule has 1 aromatic heterocycles. The minimum atomic E-state index is -0.198. The van der Waals surface area contributed by atoms with Crippen molar-refractivity contribution in [2.45, 2.75) is 45.1 Å². The molecule has 0 aliphatic heterocycles. The van der Waals surface area contributed by atoms with Crippen LogP contribution in [0.1, 0.15) is 36.9 Å². The second kappa shape index (κ2) is 7.90. The Kier molecular flexibility index (Phi) is 5.63. The summed E-state index contributed by atoms with van der Waals surface area (Å²) in [5.41, 5.74) is 3.12. The first kappa shape index (κ1) is 17.1. The molecule has 1 heterocycles. The molecule has 2 atom stereocenters. The summed E-state index contributed by atoms with van der Waals surface area (Å²) < 4.78 is 0. The Morgan fingerprint density at radius 2 is 2.29 bits per heavy atom. The van der Waals surface area contributed by atoms with Gasteiger partial charge in [-0.2, -0.15) is 0 Å². The molecule has 0 spiro atoms. The molecule has 1 aromatic carbocycles. The molecule has 5 heteroatoms. The van der Waals surface area contributed by atoms with Crippen LogP contribution < -0.4 is 5.32 Å². The number of amides is 1. The predicted octanol–water partition coefficient (Wildman–Crippen LogP) is 3.33. The van der Waals surface area contributed by atoms with Gasteiger partial charge in [-0.05, 0) is 38.2 Å². The van der Waals surface area contributed by atoms with Crippen LogP contribution in [-0.2, 0) is 11.2 Å². The maximum absolute atomic E-state index is 12.1. The Morgan fingerprint density at radius 3 is 3.08 bits per heavy atom. The van der Waals surface area contributed by atoms with Crippen molar-refractivity contribution in [3.05, 3.63) is 40.9 Å². The molecule has 1 saturated carbocycles. The summed E-state index contributed by atoms with van der Waals surface area (Å²) in [6.07, 6.45) is 3.95. The summed E-state index contributed by atoms with van der Waals surface area (Å²) >= 11 is 1.58. The van der Waals surface area contributed by atoms with Crippen LogP contribution in [0, 0.1) is 12.8 Å². The number of hydrogen-bond acceptors (Lipinski definition) is 4. The topological polar surface area (TPSA) is 62.2 Å². The zero-order chi connectivity index (χ0) is 16.9. The fourth-order valence-electron chi connectivity index (χ4n) is 3.23. The van der Waals surface area contributed by atoms with Crippen LogP contribution in [-0.4, -0.2) is 28.6 Å². The third-order valence-corrected chi connectivity index (χ3v) is 5.44. The average Bonchev–Trinajstić information content (AvgIpc) is 3.01. The van der Waals surface area contributed by atoms with Gasteiger partial charge in [0, 0.05) is 17.5 Å². The van der Waals surface area contributed by atoms with Crippen LogP contribution in [0.2, 0.25) is 0 Å². The molecule has 2 unspecified atom stereocenters. The van der Waals surface area contributed by atoms with Gasteiger partial charge in [-0.15, -0.1) is 11.3 Å². The third kappa shape index (κ3) is 4.65. The van der Waals surface area contributed by atoms with Gasteiger partial charge in [0.15, 0.2) is 0 Å². The molecule has 1 amide bonds. The normalized spacial score (nSPS) is 20.8. The van der Waals surface area contributed by atoms with Crippen LogP contribution in [0.5, 0.6) is 0 Å². The molecule has 2 aromatic rings. The molecule has 1 fully saturated rings. The van der Waals surface area contributed by atoms with Crippen LogP contribution in [0.25, 0.3) is 10.6 Å². The number of aryl methyl sites for hydroxylation is 1. The van der Waals surface area contributed by atoms with E-state index in [0.717, 1.165) is 41.9 Å². The van der Waals surface area contributed by atoms with Crippen molar-refractivity contribution in [2.24, 2.45) is 5.92 Å². The first-order chi connectivity index (χ1) is 11.6. The van der Waals surface area contributed by atoms with Crippen molar-refractivity contribution in [1.82, 2.24) is 10.3 Å². The zero-order valence-electron chi connectivity index (χ0n) is 14.0. The lowest BCUT2D eigenvalue weighted by Crippen LogP contribution is -2.33. The molecule has 128 valence electrons. The number of benzene rings is 1. The van der Waals surface area contributed by atoms with E-state index >= 15 is 0 Å². The fourth-order valence-corrected chi connectivity index (χ4v) is 4.05. The van der Waals surface area contributed by atoms with Gasteiger partial charge in [0.1, 0.15) is 5.01 Å². The van der Waals surface area contributed by atoms with E-state index < -0.39 is 0 Å². The maximum Gasteiger partial charge on any atom is 0.226 e. The Morgan fingerprint density at radius 1 is 1.42 bits per heavy atom. The second-order valence-electron chi connectivity index (χ2n) is 6.68. The summed E-state index contributed by atoms with van der Waals surface area (Å²) in [7, 11) is 0. The monoisotopic (exact) mass is 344 g/mol. The molecule has 24 heavy (non-hydrogen) atoms. The second-order valence-corrected chi connectivity index (χ2v) is 7.54. The molecule has 1 aliphatic rings. The van der Waals surface area contributed by atoms with Crippen LogP contribution in [0.4, 0.5) is 0 Å². The van der Waals surface area contributed by atoms with Gasteiger partial charge < -0.3 is 10.4 Å². The van der Waals surface area contributed by atoms with Gasteiger partial charge in [-0.3, -0.25) is 4.79 Å². The number of aliphatic hydroxyl groups is 1. The SMILES string of the molecule is Cc1cccc(-c2nc(CC(=O)NCC3CCCC(O)C3)cs2)c1. The number of hydrogen-bond donors (Lipinski definition) is 2. The van der Waals surface area contributed by atoms with Gasteiger partial charge >= 0.3 is 0 Å². The molecule has 0 bridgehead atoms. The molecule has 2 N–H and O–H groups in total. The van der Waals surface area contributed by atoms with Crippen molar-refractivity contribution >= 4 is 17.2 Å². The van der Waals surface area contributed by atoms with E-state index in [1.807, 2.05) is 17.5 Å². The summed E-state index contributed by atoms with van der Waals surface area (Å²) in [6.45, 7) is 2.72. The lowest BCUT2D eigenvalue weighted by atomic mass is 9.87. The molecule has 0 radical (unpaired) electrons. The van der Waals surface area contributed by atoms with Crippen LogP contribution >= 0.6 is 11.3 Å². The van der Waals surface area contributed by atoms with E-state index in [-0.39, 0.29) is 12.0 Å². The van der Waals surface area contributed by atoms with Gasteiger partial charge in [0.25, 0.3) is 0 Å². The number of nitrogens with zero attached hydrogens (tertiary/aromatic N) is 1. The third-order valence-electron chi connectivity index (χ3n) is 4.50. The molecular formula is C19H24N2O2S. The van der Waals surface area contributed by atoms with Crippen molar-refractivity contribution in [3.63, 3.8) is 0 Å². The zero-order valence-corrected chi connectivity index (χ0v) is 14.8. The number of aliphatic hydroxyl groups excluding tert-OH is 1. The first-order valence-electron chi connectivity index (χ1n) is 8.56. The van der Waals surface area contributed by atoms with Crippen molar-refractivity contribution < 1.29 is 9.90 Å². The van der Waals surface area contributed by atoms with E-state index in [9.17, 15) is 9.90 Å². The quantitative estimate of drug-likeness (QED) is 0.874. The van der Waals surface area contributed by atoms with E-state index in [1.54, 1.807) is 11.3 Å². The number of thiazole rings is 1. The van der Waals surface area contributed by atoms with Crippen molar-refractivity contribution in [1.29, 1.82) is 0 Å². The first-order valence-corrected chi connectivity index (χ1v) is 9.44. The lowest BCUT2D eigenvalue weighted by molar-refractivity contribution is -0.120. The number of carbonyl (C=O) groups excluding carboxylic acids is 1. The summed E-state index contributed by atoms with van der Waals surface area (Å²) in [4.78, 5) is 16.7. The van der Waals surface area contributed by atoms with Crippen LogP contribution in [0.3, 0.4) is 0 Å². The standard InChI is InChI=1S/C19H24N2O2S/c1-13-4-2-6-15(8-13)19-21-16(12-24-19)10-18(23)20-11-14-5-3-7-17(22)9-14/h2,4,6,8,12,14,17,22H,3,5,7,9-11H2,1H3,(H,20,23). The highest BCUT2D eigenvalue weighted by atomic mass is 32.1. The van der Waals surface area contributed by atoms with E-state index in [0.29, 0.717) is 18.9 Å². The minimum absolute atomic E-state index is 0.0103. The fraction of sp³-hybridized carbons (Fsp3) is 0.474. The number of carbonyl (C=O) groups is 1. The highest BCUT2D eigenvalue weighted by molar-refractivity contribution is 7.13. The Bertz CT molecular complexity index is 698. The van der Waals surface area contributed by atoms with Crippen molar-refractivity contribution in [3.8, 4) is 10.6 Å². The highest BCUT2D eigenvalue weighted by Gasteiger charge is 2.20. The smallest absolute Gasteiger partial charge is 0.226 e. The van der Waals surface area contributed by atoms with Crippen molar-refractivity contribution in [2.75, 3.05) is 6.54 Å². The molecule has 3 rings (SSSR count). The molecular weight excluding hydrogens is 320 g/mol. The van der Waals surface area contributed by atoms with Gasteiger partial charge in [0.05, 0.1) is 18.2 Å². The highest BCUT2D eigenvalue weighted by Crippen LogP contribution is 2.25. The molecule has 1 aliphatic carbocycles. The summed E-state index contributed by atoms with van der Waals surface area (Å²) in [6, 6.07) is 8.24. The lowest BCUT2D eigenvalue weighted by Gasteiger charge is -2.25. The summed E-state index contributed by atoms with van der Waals surface area (Å²) in [5.74, 6) is 0.409. The number of nitrogens with one attached hydrogen (secondary N) is 1. The van der Waals surface area contributed by atoms with Gasteiger partial charge in [-0.25, -0.2) is 4.98 Å². The Balaban J connectivity index is 1.52. The molecule has 0 saturated heterocycles. The minimum Gasteiger partial charge on any atom is -0.393 e. The van der Waals surface area contributed by atoms with Crippen LogP contribution in [0.15, 0.2) is 29.6 Å². The largest absolute Gasteiger partial charge is 0.393 e. The van der Waals surface area contributed by atoms with E-state index in [4.69, 9.17) is 0 Å². The van der Waals surface area contributed by atoms with E-state index in [2.05, 4.69) is 29.4 Å². The van der Waals surface area contributed by atoms with Gasteiger partial charge in [-0.1, -0.05) is 30.2 Å². The maximum atomic E-state index is 12.1. The number of rotatable bonds is 5. The van der Waals surface area contributed by atoms with E-state index in [1.165, 1.54) is 5.56 Å². The Hall–Kier alpha value is -1.72. The Labute approximate surface area is 146 Å². The predicted molar refractivity (Wildman–Crippen MR) is 97.0 cm³/mol. The summed E-state index contributed by atoms with van der Waals surface area (Å²) in [5, 5.41) is 15.6. The average molecular weight is 344 g/mol.